The molecule has 0 saturated heterocycles. The smallest absolute Gasteiger partial charge is 0.320 e. The number of benzene rings is 2. The zero-order valence-electron chi connectivity index (χ0n) is 14.8. The number of imidazole rings is 1. The van der Waals surface area contributed by atoms with Gasteiger partial charge < -0.3 is 5.32 Å². The van der Waals surface area contributed by atoms with Gasteiger partial charge in [0.05, 0.1) is 17.1 Å². The van der Waals surface area contributed by atoms with E-state index in [1.54, 1.807) is 37.3 Å². The van der Waals surface area contributed by atoms with E-state index in [4.69, 9.17) is 0 Å². The molecule has 1 amide bonds. The fourth-order valence-corrected chi connectivity index (χ4v) is 3.46. The number of alkyl halides is 2. The van der Waals surface area contributed by atoms with Gasteiger partial charge in [0.1, 0.15) is 5.82 Å². The minimum absolute atomic E-state index is 0.115. The standard InChI is InChI=1S/C20H18BrF2N3O/c1-12-7-8-14(15(21)11-12)9-10-18(27)24-13(2)19-25-16-5-3-4-6-17(16)26(19)20(22)23/h3-11,13,20H,1-2H3,(H,24,27)/b10-9+. The highest BCUT2D eigenvalue weighted by Crippen LogP contribution is 2.26. The fraction of sp³-hybridized carbons (Fsp3) is 0.200. The van der Waals surface area contributed by atoms with Crippen LogP contribution in [0.5, 0.6) is 0 Å². The molecule has 2 aromatic carbocycles. The number of aryl methyl sites for hydroxylation is 1. The second kappa shape index (κ2) is 8.00. The Morgan fingerprint density at radius 1 is 1.26 bits per heavy atom. The van der Waals surface area contributed by atoms with Crippen molar-refractivity contribution < 1.29 is 13.6 Å². The van der Waals surface area contributed by atoms with Gasteiger partial charge in [-0.1, -0.05) is 40.2 Å². The normalized spacial score (nSPS) is 12.8. The van der Waals surface area contributed by atoms with E-state index in [2.05, 4.69) is 26.2 Å². The van der Waals surface area contributed by atoms with Gasteiger partial charge in [-0.25, -0.2) is 4.98 Å². The molecule has 0 bridgehead atoms. The summed E-state index contributed by atoms with van der Waals surface area (Å²) in [5.74, 6) is -0.271. The number of rotatable bonds is 5. The van der Waals surface area contributed by atoms with Gasteiger partial charge in [-0.2, -0.15) is 8.78 Å². The van der Waals surface area contributed by atoms with Crippen LogP contribution in [0.4, 0.5) is 8.78 Å². The molecule has 0 aliphatic heterocycles. The van der Waals surface area contributed by atoms with Gasteiger partial charge in [0.2, 0.25) is 5.91 Å². The van der Waals surface area contributed by atoms with Crippen LogP contribution in [0.25, 0.3) is 17.1 Å². The largest absolute Gasteiger partial charge is 0.343 e. The zero-order valence-corrected chi connectivity index (χ0v) is 16.4. The van der Waals surface area contributed by atoms with Crippen LogP contribution in [-0.4, -0.2) is 15.5 Å². The Morgan fingerprint density at radius 2 is 2.00 bits per heavy atom. The van der Waals surface area contributed by atoms with Crippen molar-refractivity contribution in [3.05, 3.63) is 70.0 Å². The van der Waals surface area contributed by atoms with Crippen molar-refractivity contribution in [2.24, 2.45) is 0 Å². The number of hydrogen-bond acceptors (Lipinski definition) is 2. The predicted molar refractivity (Wildman–Crippen MR) is 105 cm³/mol. The second-order valence-electron chi connectivity index (χ2n) is 6.19. The first kappa shape index (κ1) is 19.2. The molecule has 4 nitrogen and oxygen atoms in total. The van der Waals surface area contributed by atoms with E-state index in [0.717, 1.165) is 20.2 Å². The molecule has 1 heterocycles. The average Bonchev–Trinajstić information content (AvgIpc) is 3.01. The van der Waals surface area contributed by atoms with E-state index >= 15 is 0 Å². The van der Waals surface area contributed by atoms with Gasteiger partial charge in [-0.15, -0.1) is 0 Å². The fourth-order valence-electron chi connectivity index (χ4n) is 2.83. The molecule has 0 fully saturated rings. The quantitative estimate of drug-likeness (QED) is 0.548. The number of aromatic nitrogens is 2. The van der Waals surface area contributed by atoms with Gasteiger partial charge in [0.15, 0.2) is 0 Å². The van der Waals surface area contributed by atoms with Crippen molar-refractivity contribution in [3.63, 3.8) is 0 Å². The van der Waals surface area contributed by atoms with Crippen LogP contribution in [-0.2, 0) is 4.79 Å². The lowest BCUT2D eigenvalue weighted by Crippen LogP contribution is -2.27. The summed E-state index contributed by atoms with van der Waals surface area (Å²) in [6, 6.07) is 11.8. The number of halogens is 3. The lowest BCUT2D eigenvalue weighted by Gasteiger charge is -2.14. The van der Waals surface area contributed by atoms with Gasteiger partial charge in [-0.3, -0.25) is 9.36 Å². The first-order valence-electron chi connectivity index (χ1n) is 8.36. The minimum Gasteiger partial charge on any atom is -0.343 e. The summed E-state index contributed by atoms with van der Waals surface area (Å²) in [6.07, 6.45) is 3.04. The lowest BCUT2D eigenvalue weighted by molar-refractivity contribution is -0.117. The number of nitrogens with one attached hydrogen (secondary N) is 1. The Balaban J connectivity index is 1.80. The van der Waals surface area contributed by atoms with Gasteiger partial charge in [0.25, 0.3) is 0 Å². The summed E-state index contributed by atoms with van der Waals surface area (Å²) in [7, 11) is 0. The maximum atomic E-state index is 13.5. The highest BCUT2D eigenvalue weighted by Gasteiger charge is 2.22. The number of carbonyl (C=O) groups is 1. The maximum absolute atomic E-state index is 13.5. The summed E-state index contributed by atoms with van der Waals surface area (Å²) < 4.78 is 28.8. The van der Waals surface area contributed by atoms with Crippen molar-refractivity contribution >= 4 is 38.9 Å². The third kappa shape index (κ3) is 4.24. The van der Waals surface area contributed by atoms with E-state index in [-0.39, 0.29) is 11.7 Å². The molecule has 0 aliphatic rings. The predicted octanol–water partition coefficient (Wildman–Crippen LogP) is 5.39. The monoisotopic (exact) mass is 433 g/mol. The van der Waals surface area contributed by atoms with Crippen molar-refractivity contribution in [2.75, 3.05) is 0 Å². The minimum atomic E-state index is -2.74. The molecule has 1 atom stereocenters. The summed E-state index contributed by atoms with van der Waals surface area (Å²) in [4.78, 5) is 16.5. The van der Waals surface area contributed by atoms with Crippen LogP contribution in [0.15, 0.2) is 53.0 Å². The summed E-state index contributed by atoms with van der Waals surface area (Å²) >= 11 is 3.45. The Kier molecular flexibility index (Phi) is 5.70. The molecule has 1 N–H and O–H groups in total. The van der Waals surface area contributed by atoms with Crippen LogP contribution in [0.3, 0.4) is 0 Å². The Hall–Kier alpha value is -2.54. The first-order chi connectivity index (χ1) is 12.9. The number of carbonyl (C=O) groups excluding carboxylic acids is 1. The van der Waals surface area contributed by atoms with Gasteiger partial charge in [0, 0.05) is 10.5 Å². The molecule has 1 unspecified atom stereocenters. The Bertz CT molecular complexity index is 1010. The third-order valence-corrected chi connectivity index (χ3v) is 4.82. The first-order valence-corrected chi connectivity index (χ1v) is 9.16. The molecular formula is C20H18BrF2N3O. The molecule has 0 aliphatic carbocycles. The lowest BCUT2D eigenvalue weighted by atomic mass is 10.1. The average molecular weight is 434 g/mol. The number of fused-ring (bicyclic) bond motifs is 1. The van der Waals surface area contributed by atoms with E-state index in [0.29, 0.717) is 11.0 Å². The zero-order chi connectivity index (χ0) is 19.6. The molecule has 140 valence electrons. The number of amides is 1. The van der Waals surface area contributed by atoms with E-state index < -0.39 is 12.6 Å². The van der Waals surface area contributed by atoms with Crippen LogP contribution in [0, 0.1) is 6.92 Å². The third-order valence-electron chi connectivity index (χ3n) is 4.13. The highest BCUT2D eigenvalue weighted by atomic mass is 79.9. The Morgan fingerprint density at radius 3 is 2.70 bits per heavy atom. The molecule has 0 saturated carbocycles. The van der Waals surface area contributed by atoms with Crippen LogP contribution in [0.2, 0.25) is 0 Å². The van der Waals surface area contributed by atoms with Crippen LogP contribution < -0.4 is 5.32 Å². The van der Waals surface area contributed by atoms with Gasteiger partial charge in [-0.05, 0) is 49.2 Å². The van der Waals surface area contributed by atoms with Crippen LogP contribution in [0.1, 0.15) is 36.5 Å². The van der Waals surface area contributed by atoms with E-state index in [1.807, 2.05) is 25.1 Å². The summed E-state index contributed by atoms with van der Waals surface area (Å²) in [5, 5.41) is 2.70. The summed E-state index contributed by atoms with van der Waals surface area (Å²) in [6.45, 7) is 0.862. The van der Waals surface area contributed by atoms with Crippen LogP contribution >= 0.6 is 15.9 Å². The maximum Gasteiger partial charge on any atom is 0.320 e. The SMILES string of the molecule is Cc1ccc(/C=C/C(=O)NC(C)c2nc3ccccc3n2C(F)F)c(Br)c1. The van der Waals surface area contributed by atoms with E-state index in [9.17, 15) is 13.6 Å². The van der Waals surface area contributed by atoms with Gasteiger partial charge >= 0.3 is 6.55 Å². The topological polar surface area (TPSA) is 46.9 Å². The highest BCUT2D eigenvalue weighted by molar-refractivity contribution is 9.10. The Labute approximate surface area is 164 Å². The molecule has 27 heavy (non-hydrogen) atoms. The molecule has 0 spiro atoms. The number of para-hydroxylation sites is 2. The molecule has 3 aromatic rings. The van der Waals surface area contributed by atoms with Crippen molar-refractivity contribution in [1.29, 1.82) is 0 Å². The summed E-state index contributed by atoms with van der Waals surface area (Å²) in [5.41, 5.74) is 2.75. The van der Waals surface area contributed by atoms with E-state index in [1.165, 1.54) is 6.08 Å². The molecule has 0 radical (unpaired) electrons. The number of nitrogens with zero attached hydrogens (tertiary/aromatic N) is 2. The molecule has 1 aromatic heterocycles. The molecule has 3 rings (SSSR count). The second-order valence-corrected chi connectivity index (χ2v) is 7.05. The number of hydrogen-bond donors (Lipinski definition) is 1. The molecular weight excluding hydrogens is 416 g/mol. The molecule has 7 heteroatoms. The van der Waals surface area contributed by atoms with Crippen molar-refractivity contribution in [1.82, 2.24) is 14.9 Å². The van der Waals surface area contributed by atoms with Crippen molar-refractivity contribution in [2.45, 2.75) is 26.4 Å². The van der Waals surface area contributed by atoms with Crippen molar-refractivity contribution in [3.8, 4) is 0 Å².